The van der Waals surface area contributed by atoms with Crippen molar-refractivity contribution in [1.82, 2.24) is 9.97 Å². The van der Waals surface area contributed by atoms with Gasteiger partial charge in [0.05, 0.1) is 23.0 Å². The van der Waals surface area contributed by atoms with Crippen molar-refractivity contribution < 1.29 is 0 Å². The summed E-state index contributed by atoms with van der Waals surface area (Å²) in [5, 5.41) is 10.6. The van der Waals surface area contributed by atoms with Crippen molar-refractivity contribution in [3.63, 3.8) is 0 Å². The molecule has 0 aliphatic heterocycles. The van der Waals surface area contributed by atoms with Gasteiger partial charge in [-0.15, -0.1) is 0 Å². The number of imidazole rings is 1. The highest BCUT2D eigenvalue weighted by Crippen LogP contribution is 2.39. The molecule has 3 atom stereocenters. The number of benzene rings is 1. The van der Waals surface area contributed by atoms with Crippen LogP contribution in [0.5, 0.6) is 0 Å². The molecule has 1 heterocycles. The molecule has 1 fully saturated rings. The molecule has 0 amide bonds. The summed E-state index contributed by atoms with van der Waals surface area (Å²) in [5.41, 5.74) is 3.33. The first-order chi connectivity index (χ1) is 9.65. The molecule has 4 heteroatoms. The Labute approximate surface area is 123 Å². The second-order valence-corrected chi connectivity index (χ2v) is 7.10. The van der Waals surface area contributed by atoms with Gasteiger partial charge in [0.15, 0.2) is 5.16 Å². The number of nitrogens with one attached hydrogen (secondary N) is 1. The second-order valence-electron chi connectivity index (χ2n) is 5.87. The number of rotatable bonds is 2. The Hall–Kier alpha value is -1.47. The van der Waals surface area contributed by atoms with E-state index in [4.69, 9.17) is 0 Å². The minimum Gasteiger partial charge on any atom is -0.333 e. The number of fused-ring (bicyclic) bond motifs is 1. The van der Waals surface area contributed by atoms with Gasteiger partial charge in [-0.1, -0.05) is 24.8 Å². The van der Waals surface area contributed by atoms with Crippen LogP contribution in [0.15, 0.2) is 23.4 Å². The molecule has 0 radical (unpaired) electrons. The molecule has 3 unspecified atom stereocenters. The number of hydrogen-bond donors (Lipinski definition) is 1. The van der Waals surface area contributed by atoms with Crippen LogP contribution in [0, 0.1) is 30.1 Å². The summed E-state index contributed by atoms with van der Waals surface area (Å²) in [6.07, 6.45) is 3.31. The number of aromatic amines is 1. The number of aromatic nitrogens is 2. The maximum atomic E-state index is 9.31. The minimum absolute atomic E-state index is 0.158. The molecule has 20 heavy (non-hydrogen) atoms. The molecule has 1 saturated carbocycles. The van der Waals surface area contributed by atoms with Gasteiger partial charge >= 0.3 is 0 Å². The summed E-state index contributed by atoms with van der Waals surface area (Å²) in [5.74, 6) is 0.870. The van der Waals surface area contributed by atoms with Crippen LogP contribution in [-0.4, -0.2) is 15.2 Å². The fourth-order valence-electron chi connectivity index (χ4n) is 2.91. The molecule has 3 rings (SSSR count). The summed E-state index contributed by atoms with van der Waals surface area (Å²) in [7, 11) is 0. The number of thioether (sulfide) groups is 1. The lowest BCUT2D eigenvalue weighted by Gasteiger charge is -2.29. The molecule has 2 aromatic rings. The van der Waals surface area contributed by atoms with Crippen molar-refractivity contribution in [2.45, 2.75) is 43.5 Å². The maximum absolute atomic E-state index is 9.31. The zero-order chi connectivity index (χ0) is 14.1. The number of nitriles is 1. The molecule has 1 N–H and O–H groups in total. The molecule has 1 aromatic heterocycles. The summed E-state index contributed by atoms with van der Waals surface area (Å²) >= 11 is 1.74. The van der Waals surface area contributed by atoms with Crippen LogP contribution >= 0.6 is 11.8 Å². The fraction of sp³-hybridized carbons (Fsp3) is 0.500. The van der Waals surface area contributed by atoms with Gasteiger partial charge in [-0.25, -0.2) is 4.98 Å². The molecule has 0 saturated heterocycles. The van der Waals surface area contributed by atoms with E-state index in [-0.39, 0.29) is 5.92 Å². The van der Waals surface area contributed by atoms with E-state index in [1.165, 1.54) is 12.0 Å². The van der Waals surface area contributed by atoms with E-state index in [9.17, 15) is 5.26 Å². The van der Waals surface area contributed by atoms with Gasteiger partial charge in [0.25, 0.3) is 0 Å². The first-order valence-corrected chi connectivity index (χ1v) is 8.06. The Kier molecular flexibility index (Phi) is 3.71. The third-order valence-corrected chi connectivity index (χ3v) is 5.34. The van der Waals surface area contributed by atoms with Crippen LogP contribution in [0.25, 0.3) is 11.0 Å². The Bertz CT molecular complexity index is 655. The zero-order valence-corrected chi connectivity index (χ0v) is 12.7. The molecule has 1 aliphatic rings. The normalized spacial score (nSPS) is 26.6. The van der Waals surface area contributed by atoms with Gasteiger partial charge in [0.2, 0.25) is 0 Å². The van der Waals surface area contributed by atoms with Crippen molar-refractivity contribution in [2.24, 2.45) is 11.8 Å². The Balaban J connectivity index is 1.82. The molecular formula is C16H19N3S. The summed E-state index contributed by atoms with van der Waals surface area (Å²) in [6, 6.07) is 8.73. The van der Waals surface area contributed by atoms with Crippen LogP contribution in [0.1, 0.15) is 31.7 Å². The Morgan fingerprint density at radius 1 is 1.40 bits per heavy atom. The number of hydrogen-bond acceptors (Lipinski definition) is 3. The highest BCUT2D eigenvalue weighted by atomic mass is 32.2. The van der Waals surface area contributed by atoms with Gasteiger partial charge in [0, 0.05) is 5.25 Å². The molecule has 3 nitrogen and oxygen atoms in total. The van der Waals surface area contributed by atoms with E-state index in [0.717, 1.165) is 29.0 Å². The standard InChI is InChI=1S/C16H19N3S/c1-10-4-6-13-14(7-10)19-16(18-13)20-15-8-11(2)3-5-12(15)9-17/h4,6-7,11-12,15H,3,5,8H2,1-2H3,(H,18,19). The van der Waals surface area contributed by atoms with Gasteiger partial charge in [0.1, 0.15) is 0 Å². The van der Waals surface area contributed by atoms with Gasteiger partial charge in [-0.2, -0.15) is 5.26 Å². The minimum atomic E-state index is 0.158. The van der Waals surface area contributed by atoms with Crippen molar-refractivity contribution in [3.8, 4) is 6.07 Å². The van der Waals surface area contributed by atoms with E-state index < -0.39 is 0 Å². The Morgan fingerprint density at radius 3 is 3.05 bits per heavy atom. The molecule has 104 valence electrons. The first kappa shape index (κ1) is 13.5. The number of nitrogens with zero attached hydrogens (tertiary/aromatic N) is 2. The van der Waals surface area contributed by atoms with Gasteiger partial charge in [-0.05, 0) is 49.8 Å². The fourth-order valence-corrected chi connectivity index (χ4v) is 4.30. The largest absolute Gasteiger partial charge is 0.333 e. The predicted molar refractivity (Wildman–Crippen MR) is 82.6 cm³/mol. The van der Waals surface area contributed by atoms with Crippen LogP contribution in [0.4, 0.5) is 0 Å². The van der Waals surface area contributed by atoms with Crippen molar-refractivity contribution >= 4 is 22.8 Å². The molecule has 1 aliphatic carbocycles. The number of H-pyrrole nitrogens is 1. The third-order valence-electron chi connectivity index (χ3n) is 4.10. The summed E-state index contributed by atoms with van der Waals surface area (Å²) < 4.78 is 0. The number of aryl methyl sites for hydroxylation is 1. The van der Waals surface area contributed by atoms with E-state index in [2.05, 4.69) is 48.1 Å². The van der Waals surface area contributed by atoms with Crippen LogP contribution in [0.2, 0.25) is 0 Å². The van der Waals surface area contributed by atoms with E-state index in [1.54, 1.807) is 11.8 Å². The molecular weight excluding hydrogens is 266 g/mol. The first-order valence-electron chi connectivity index (χ1n) is 7.18. The SMILES string of the molecule is Cc1ccc2nc(SC3CC(C)CCC3C#N)[nH]c2c1. The van der Waals surface area contributed by atoms with Crippen molar-refractivity contribution in [3.05, 3.63) is 23.8 Å². The van der Waals surface area contributed by atoms with Gasteiger partial charge in [-0.3, -0.25) is 0 Å². The zero-order valence-electron chi connectivity index (χ0n) is 11.9. The lowest BCUT2D eigenvalue weighted by molar-refractivity contribution is 0.345. The lowest BCUT2D eigenvalue weighted by Crippen LogP contribution is -2.25. The second kappa shape index (κ2) is 5.49. The Morgan fingerprint density at radius 2 is 2.25 bits per heavy atom. The van der Waals surface area contributed by atoms with Crippen LogP contribution in [0.3, 0.4) is 0 Å². The monoisotopic (exact) mass is 285 g/mol. The molecule has 0 bridgehead atoms. The summed E-state index contributed by atoms with van der Waals surface area (Å²) in [4.78, 5) is 8.03. The quantitative estimate of drug-likeness (QED) is 0.895. The van der Waals surface area contributed by atoms with Crippen LogP contribution < -0.4 is 0 Å². The van der Waals surface area contributed by atoms with Crippen LogP contribution in [-0.2, 0) is 0 Å². The lowest BCUT2D eigenvalue weighted by atomic mass is 9.83. The van der Waals surface area contributed by atoms with E-state index in [0.29, 0.717) is 11.2 Å². The van der Waals surface area contributed by atoms with E-state index in [1.807, 2.05) is 0 Å². The highest BCUT2D eigenvalue weighted by molar-refractivity contribution is 7.99. The smallest absolute Gasteiger partial charge is 0.166 e. The van der Waals surface area contributed by atoms with E-state index >= 15 is 0 Å². The van der Waals surface area contributed by atoms with Gasteiger partial charge < -0.3 is 4.98 Å². The average molecular weight is 285 g/mol. The third kappa shape index (κ3) is 2.69. The molecule has 0 spiro atoms. The predicted octanol–water partition coefficient (Wildman–Crippen LogP) is 4.29. The summed E-state index contributed by atoms with van der Waals surface area (Å²) in [6.45, 7) is 4.37. The topological polar surface area (TPSA) is 52.5 Å². The molecule has 1 aromatic carbocycles. The highest BCUT2D eigenvalue weighted by Gasteiger charge is 2.30. The maximum Gasteiger partial charge on any atom is 0.166 e. The average Bonchev–Trinajstić information content (AvgIpc) is 2.80. The van der Waals surface area contributed by atoms with Crippen molar-refractivity contribution in [1.29, 1.82) is 5.26 Å². The van der Waals surface area contributed by atoms with Crippen molar-refractivity contribution in [2.75, 3.05) is 0 Å².